The van der Waals surface area contributed by atoms with E-state index in [2.05, 4.69) is 5.43 Å². The molecule has 0 aliphatic carbocycles. The van der Waals surface area contributed by atoms with Crippen LogP contribution in [-0.4, -0.2) is 129 Å². The van der Waals surface area contributed by atoms with E-state index in [9.17, 15) is 41.0 Å². The van der Waals surface area contributed by atoms with Crippen molar-refractivity contribution in [1.29, 1.82) is 0 Å². The van der Waals surface area contributed by atoms with Crippen LogP contribution in [-0.2, 0) is 18.9 Å². The van der Waals surface area contributed by atoms with Crippen molar-refractivity contribution in [3.05, 3.63) is 5.21 Å². The average Bonchev–Trinajstić information content (AvgIpc) is 2.66. The van der Waals surface area contributed by atoms with Crippen molar-refractivity contribution in [2.75, 3.05) is 27.0 Å². The Morgan fingerprint density at radius 1 is 0.857 bits per heavy atom. The summed E-state index contributed by atoms with van der Waals surface area (Å²) in [6.07, 6.45) is -15.4. The van der Waals surface area contributed by atoms with Crippen LogP contribution in [0, 0.1) is 5.21 Å². The number of ether oxygens (including phenoxy) is 4. The first kappa shape index (κ1) is 23.7. The zero-order valence-electron chi connectivity index (χ0n) is 15.0. The van der Waals surface area contributed by atoms with E-state index in [1.54, 1.807) is 0 Å². The standard InChI is InChI=1S/C14H27N2O12/c1-16(24)15-4-25-13-11(23)12(8(20)6(3-18)26-13)28-14-10(22)9(21)7(19)5(2-17)27-14/h5-15,17-23H,2-4H2,1H3/q-1. The molecule has 8 N–H and O–H groups in total. The second-order valence-electron chi connectivity index (χ2n) is 6.47. The summed E-state index contributed by atoms with van der Waals surface area (Å²) in [5.74, 6) is 0. The van der Waals surface area contributed by atoms with E-state index < -0.39 is 74.6 Å². The fraction of sp³-hybridized carbons (Fsp3) is 1.00. The molecule has 0 aromatic carbocycles. The Kier molecular flexibility index (Phi) is 8.86. The highest BCUT2D eigenvalue weighted by Gasteiger charge is 2.50. The smallest absolute Gasteiger partial charge is 0.188 e. The van der Waals surface area contributed by atoms with E-state index in [1.807, 2.05) is 0 Å². The van der Waals surface area contributed by atoms with Gasteiger partial charge in [0.2, 0.25) is 0 Å². The molecule has 0 aromatic heterocycles. The van der Waals surface area contributed by atoms with Gasteiger partial charge in [0, 0.05) is 0 Å². The molecule has 0 aromatic rings. The summed E-state index contributed by atoms with van der Waals surface area (Å²) in [5, 5.41) is 80.1. The lowest BCUT2D eigenvalue weighted by molar-refractivity contribution is -0.361. The maximum atomic E-state index is 10.8. The van der Waals surface area contributed by atoms with E-state index in [1.165, 1.54) is 0 Å². The third-order valence-corrected chi connectivity index (χ3v) is 4.50. The Morgan fingerprint density at radius 3 is 2.00 bits per heavy atom. The molecule has 10 atom stereocenters. The minimum absolute atomic E-state index is 0.343. The van der Waals surface area contributed by atoms with Gasteiger partial charge in [-0.1, -0.05) is 0 Å². The van der Waals surface area contributed by atoms with Crippen LogP contribution in [0.4, 0.5) is 0 Å². The molecule has 0 radical (unpaired) electrons. The monoisotopic (exact) mass is 415 g/mol. The molecule has 2 fully saturated rings. The Balaban J connectivity index is 2.09. The molecule has 14 nitrogen and oxygen atoms in total. The summed E-state index contributed by atoms with van der Waals surface area (Å²) in [5.41, 5.74) is 2.23. The number of hydrogen-bond acceptors (Lipinski definition) is 14. The highest BCUT2D eigenvalue weighted by Crippen LogP contribution is 2.29. The first-order chi connectivity index (χ1) is 13.2. The van der Waals surface area contributed by atoms with Crippen LogP contribution in [0.2, 0.25) is 0 Å². The topological polar surface area (TPSA) is 217 Å². The van der Waals surface area contributed by atoms with Crippen molar-refractivity contribution in [2.45, 2.75) is 61.4 Å². The highest BCUT2D eigenvalue weighted by molar-refractivity contribution is 4.94. The van der Waals surface area contributed by atoms with Gasteiger partial charge in [-0.15, -0.1) is 0 Å². The molecule has 2 rings (SSSR count). The molecule has 2 saturated heterocycles. The fourth-order valence-electron chi connectivity index (χ4n) is 2.90. The lowest BCUT2D eigenvalue weighted by Gasteiger charge is -2.46. The predicted molar refractivity (Wildman–Crippen MR) is 86.6 cm³/mol. The van der Waals surface area contributed by atoms with Gasteiger partial charge in [-0.25, -0.2) is 5.43 Å². The predicted octanol–water partition coefficient (Wildman–Crippen LogP) is -5.48. The largest absolute Gasteiger partial charge is 0.772 e. The number of nitrogens with zero attached hydrogens (tertiary/aromatic N) is 1. The quantitative estimate of drug-likeness (QED) is 0.137. The normalized spacial score (nSPS) is 44.8. The van der Waals surface area contributed by atoms with Gasteiger partial charge in [0.05, 0.1) is 13.2 Å². The number of hydrogen-bond donors (Lipinski definition) is 8. The fourth-order valence-corrected chi connectivity index (χ4v) is 2.90. The third kappa shape index (κ3) is 5.32. The number of rotatable bonds is 8. The minimum atomic E-state index is -1.76. The van der Waals surface area contributed by atoms with Crippen molar-refractivity contribution in [2.24, 2.45) is 0 Å². The van der Waals surface area contributed by atoms with E-state index in [0.29, 0.717) is 5.17 Å². The van der Waals surface area contributed by atoms with Gasteiger partial charge < -0.3 is 65.1 Å². The van der Waals surface area contributed by atoms with Gasteiger partial charge in [-0.3, -0.25) is 0 Å². The van der Waals surface area contributed by atoms with E-state index >= 15 is 0 Å². The second kappa shape index (κ2) is 10.5. The van der Waals surface area contributed by atoms with Crippen LogP contribution >= 0.6 is 0 Å². The Morgan fingerprint density at radius 2 is 1.43 bits per heavy atom. The van der Waals surface area contributed by atoms with Crippen molar-refractivity contribution < 1.29 is 54.7 Å². The van der Waals surface area contributed by atoms with Crippen molar-refractivity contribution in [3.8, 4) is 0 Å². The molecular formula is C14H27N2O12-. The molecule has 0 amide bonds. The van der Waals surface area contributed by atoms with E-state index in [0.717, 1.165) is 7.05 Å². The van der Waals surface area contributed by atoms with Crippen LogP contribution in [0.3, 0.4) is 0 Å². The summed E-state index contributed by atoms with van der Waals surface area (Å²) in [6.45, 7) is -1.73. The van der Waals surface area contributed by atoms with Crippen molar-refractivity contribution in [1.82, 2.24) is 10.6 Å². The Bertz CT molecular complexity index is 472. The van der Waals surface area contributed by atoms with Gasteiger partial charge in [-0.05, 0) is 7.05 Å². The molecule has 2 aliphatic rings. The Labute approximate surface area is 160 Å². The molecule has 0 bridgehead atoms. The van der Waals surface area contributed by atoms with Crippen molar-refractivity contribution >= 4 is 0 Å². The molecule has 2 aliphatic heterocycles. The highest BCUT2D eigenvalue weighted by atomic mass is 16.7. The lowest BCUT2D eigenvalue weighted by Crippen LogP contribution is -2.65. The Hall–Kier alpha value is -0.560. The summed E-state index contributed by atoms with van der Waals surface area (Å²) in [7, 11) is 1.16. The average molecular weight is 415 g/mol. The lowest BCUT2D eigenvalue weighted by atomic mass is 9.97. The maximum absolute atomic E-state index is 10.8. The van der Waals surface area contributed by atoms with Crippen LogP contribution in [0.15, 0.2) is 0 Å². The van der Waals surface area contributed by atoms with Gasteiger partial charge in [0.25, 0.3) is 0 Å². The molecule has 0 spiro atoms. The number of aliphatic hydroxyl groups is 7. The SMILES string of the molecule is CN([O-])NCOC1OC(CO)C(O)C(OC2OC(CO)C(O)C(O)C2O)C1O. The molecule has 10 unspecified atom stereocenters. The zero-order valence-corrected chi connectivity index (χ0v) is 15.0. The van der Waals surface area contributed by atoms with Gasteiger partial charge in [0.1, 0.15) is 55.6 Å². The summed E-state index contributed by atoms with van der Waals surface area (Å²) in [4.78, 5) is 0. The summed E-state index contributed by atoms with van der Waals surface area (Å²) >= 11 is 0. The van der Waals surface area contributed by atoms with Crippen LogP contribution in [0.25, 0.3) is 0 Å². The minimum Gasteiger partial charge on any atom is -0.772 e. The second-order valence-corrected chi connectivity index (χ2v) is 6.47. The number of aliphatic hydroxyl groups excluding tert-OH is 7. The zero-order chi connectivity index (χ0) is 21.0. The van der Waals surface area contributed by atoms with E-state index in [4.69, 9.17) is 18.9 Å². The van der Waals surface area contributed by atoms with Gasteiger partial charge in [0.15, 0.2) is 12.6 Å². The molecule has 0 saturated carbocycles. The molecule has 14 heteroatoms. The molecule has 28 heavy (non-hydrogen) atoms. The molecular weight excluding hydrogens is 388 g/mol. The number of hydrazine groups is 1. The first-order valence-corrected chi connectivity index (χ1v) is 8.55. The van der Waals surface area contributed by atoms with Crippen molar-refractivity contribution in [3.63, 3.8) is 0 Å². The number of hydroxylamine groups is 1. The maximum Gasteiger partial charge on any atom is 0.188 e. The summed E-state index contributed by atoms with van der Waals surface area (Å²) in [6, 6.07) is 0. The van der Waals surface area contributed by atoms with Crippen LogP contribution in [0.1, 0.15) is 0 Å². The molecule has 2 heterocycles. The first-order valence-electron chi connectivity index (χ1n) is 8.55. The van der Waals surface area contributed by atoms with Crippen LogP contribution < -0.4 is 5.43 Å². The van der Waals surface area contributed by atoms with Gasteiger partial charge in [-0.2, -0.15) is 0 Å². The number of nitrogens with one attached hydrogen (secondary N) is 1. The van der Waals surface area contributed by atoms with E-state index in [-0.39, 0.29) is 6.73 Å². The third-order valence-electron chi connectivity index (χ3n) is 4.50. The molecule has 166 valence electrons. The van der Waals surface area contributed by atoms with Gasteiger partial charge >= 0.3 is 0 Å². The van der Waals surface area contributed by atoms with Crippen LogP contribution in [0.5, 0.6) is 0 Å². The summed E-state index contributed by atoms with van der Waals surface area (Å²) < 4.78 is 21.0.